The summed E-state index contributed by atoms with van der Waals surface area (Å²) in [6.45, 7) is 1.79. The largest absolute Gasteiger partial charge is 0.744 e. The van der Waals surface area contributed by atoms with Crippen LogP contribution in [-0.4, -0.2) is 18.3 Å². The zero-order chi connectivity index (χ0) is 18.2. The first-order chi connectivity index (χ1) is 11.8. The normalized spacial score (nSPS) is 11.4. The van der Waals surface area contributed by atoms with Crippen molar-refractivity contribution < 1.29 is 13.3 Å². The summed E-state index contributed by atoms with van der Waals surface area (Å²) in [5.74, 6) is 0. The number of benzene rings is 2. The Morgan fingerprint density at radius 1 is 1.08 bits per heavy atom. The first kappa shape index (κ1) is 16.8. The van der Waals surface area contributed by atoms with Crippen LogP contribution in [0.5, 0.6) is 0 Å². The van der Waals surface area contributed by atoms with Crippen LogP contribution in [-0.2, 0) is 10.0 Å². The van der Waals surface area contributed by atoms with Gasteiger partial charge in [-0.2, -0.15) is 0 Å². The van der Waals surface area contributed by atoms with Crippen LogP contribution in [0.1, 0.15) is 5.56 Å². The third-order valence-corrected chi connectivity index (χ3v) is 5.16. The Morgan fingerprint density at radius 3 is 2.40 bits per heavy atom. The van der Waals surface area contributed by atoms with Crippen molar-refractivity contribution in [2.75, 3.05) is 4.47 Å². The molecule has 2 aromatic carbocycles. The summed E-state index contributed by atoms with van der Waals surface area (Å²) >= 11 is 0. The SMILES string of the molecule is Cc1ccc(S(=O)(=O)N([O-])c2ccc([N+](=O)[O-])c3cccnc23)cc1. The van der Waals surface area contributed by atoms with E-state index in [9.17, 15) is 23.7 Å². The molecule has 0 spiro atoms. The van der Waals surface area contributed by atoms with E-state index in [1.165, 1.54) is 30.5 Å². The number of nitro groups is 1. The van der Waals surface area contributed by atoms with Crippen LogP contribution in [0.2, 0.25) is 0 Å². The van der Waals surface area contributed by atoms with Gasteiger partial charge in [-0.25, -0.2) is 8.42 Å². The molecule has 1 heterocycles. The molecule has 0 aliphatic heterocycles. The van der Waals surface area contributed by atoms with Crippen LogP contribution in [0.3, 0.4) is 0 Å². The number of sulfonamides is 1. The minimum Gasteiger partial charge on any atom is -0.744 e. The van der Waals surface area contributed by atoms with Crippen molar-refractivity contribution in [2.24, 2.45) is 0 Å². The summed E-state index contributed by atoms with van der Waals surface area (Å²) in [7, 11) is -4.37. The summed E-state index contributed by atoms with van der Waals surface area (Å²) in [5, 5.41) is 23.8. The summed E-state index contributed by atoms with van der Waals surface area (Å²) in [5.41, 5.74) is 0.260. The van der Waals surface area contributed by atoms with Crippen molar-refractivity contribution in [2.45, 2.75) is 11.8 Å². The fraction of sp³-hybridized carbons (Fsp3) is 0.0625. The van der Waals surface area contributed by atoms with Crippen LogP contribution < -0.4 is 4.47 Å². The second-order valence-electron chi connectivity index (χ2n) is 5.31. The van der Waals surface area contributed by atoms with Gasteiger partial charge in [-0.15, -0.1) is 0 Å². The van der Waals surface area contributed by atoms with E-state index in [0.29, 0.717) is 0 Å². The number of fused-ring (bicyclic) bond motifs is 1. The second-order valence-corrected chi connectivity index (χ2v) is 7.06. The van der Waals surface area contributed by atoms with Gasteiger partial charge in [0.05, 0.1) is 20.9 Å². The summed E-state index contributed by atoms with van der Waals surface area (Å²) in [6.07, 6.45) is 1.34. The van der Waals surface area contributed by atoms with Gasteiger partial charge in [0.1, 0.15) is 5.52 Å². The lowest BCUT2D eigenvalue weighted by atomic mass is 10.1. The van der Waals surface area contributed by atoms with Gasteiger partial charge in [0.25, 0.3) is 15.7 Å². The lowest BCUT2D eigenvalue weighted by molar-refractivity contribution is -0.383. The Bertz CT molecular complexity index is 1060. The Balaban J connectivity index is 2.18. The molecule has 0 bridgehead atoms. The van der Waals surface area contributed by atoms with E-state index < -0.39 is 14.9 Å². The summed E-state index contributed by atoms with van der Waals surface area (Å²) in [6, 6.07) is 10.9. The highest BCUT2D eigenvalue weighted by Gasteiger charge is 2.22. The summed E-state index contributed by atoms with van der Waals surface area (Å²) in [4.78, 5) is 14.3. The van der Waals surface area contributed by atoms with Crippen LogP contribution in [0.25, 0.3) is 10.9 Å². The highest BCUT2D eigenvalue weighted by molar-refractivity contribution is 7.93. The van der Waals surface area contributed by atoms with Gasteiger partial charge in [0.2, 0.25) is 0 Å². The molecule has 0 fully saturated rings. The molecule has 8 nitrogen and oxygen atoms in total. The van der Waals surface area contributed by atoms with Crippen molar-refractivity contribution in [1.29, 1.82) is 0 Å². The number of non-ortho nitro benzene ring substituents is 1. The molecular formula is C16H12N3O5S-. The van der Waals surface area contributed by atoms with Gasteiger partial charge in [-0.05, 0) is 37.3 Å². The number of hydrogen-bond donors (Lipinski definition) is 0. The molecule has 0 N–H and O–H groups in total. The predicted molar refractivity (Wildman–Crippen MR) is 92.6 cm³/mol. The maximum Gasteiger partial charge on any atom is 0.278 e. The van der Waals surface area contributed by atoms with Gasteiger partial charge in [0, 0.05) is 12.3 Å². The van der Waals surface area contributed by atoms with Gasteiger partial charge in [-0.3, -0.25) is 15.1 Å². The van der Waals surface area contributed by atoms with E-state index in [1.54, 1.807) is 19.1 Å². The number of aryl methyl sites for hydroxylation is 1. The number of nitrogens with zero attached hydrogens (tertiary/aromatic N) is 3. The third kappa shape index (κ3) is 2.90. The molecule has 1 aromatic heterocycles. The lowest BCUT2D eigenvalue weighted by Gasteiger charge is -2.30. The average molecular weight is 358 g/mol. The van der Waals surface area contributed by atoms with Crippen LogP contribution in [0, 0.1) is 22.2 Å². The maximum atomic E-state index is 12.6. The molecule has 0 aliphatic rings. The zero-order valence-electron chi connectivity index (χ0n) is 13.0. The van der Waals surface area contributed by atoms with Crippen molar-refractivity contribution in [1.82, 2.24) is 4.98 Å². The molecule has 9 heteroatoms. The quantitative estimate of drug-likeness (QED) is 0.522. The smallest absolute Gasteiger partial charge is 0.278 e. The van der Waals surface area contributed by atoms with Crippen LogP contribution in [0.4, 0.5) is 11.4 Å². The van der Waals surface area contributed by atoms with Gasteiger partial charge in [-0.1, -0.05) is 17.7 Å². The number of anilines is 1. The van der Waals surface area contributed by atoms with E-state index >= 15 is 0 Å². The van der Waals surface area contributed by atoms with Crippen molar-refractivity contribution >= 4 is 32.3 Å². The van der Waals surface area contributed by atoms with Crippen molar-refractivity contribution in [3.63, 3.8) is 0 Å². The maximum absolute atomic E-state index is 12.6. The molecule has 3 aromatic rings. The van der Waals surface area contributed by atoms with Crippen molar-refractivity contribution in [3.8, 4) is 0 Å². The number of aromatic nitrogens is 1. The number of nitro benzene ring substituents is 1. The second kappa shape index (κ2) is 6.11. The molecule has 0 unspecified atom stereocenters. The minimum atomic E-state index is -4.37. The number of rotatable bonds is 4. The molecule has 0 saturated carbocycles. The monoisotopic (exact) mass is 358 g/mol. The molecule has 128 valence electrons. The highest BCUT2D eigenvalue weighted by Crippen LogP contribution is 2.34. The Hall–Kier alpha value is -3.04. The minimum absolute atomic E-state index is 0.0533. The lowest BCUT2D eigenvalue weighted by Crippen LogP contribution is -2.25. The predicted octanol–water partition coefficient (Wildman–Crippen LogP) is 3.14. The fourth-order valence-electron chi connectivity index (χ4n) is 2.38. The van der Waals surface area contributed by atoms with Gasteiger partial charge in [0.15, 0.2) is 0 Å². The van der Waals surface area contributed by atoms with E-state index in [2.05, 4.69) is 4.98 Å². The average Bonchev–Trinajstić information content (AvgIpc) is 2.60. The van der Waals surface area contributed by atoms with E-state index in [0.717, 1.165) is 17.7 Å². The molecule has 0 radical (unpaired) electrons. The van der Waals surface area contributed by atoms with Crippen LogP contribution in [0.15, 0.2) is 59.6 Å². The molecule has 0 aliphatic carbocycles. The molecule has 3 rings (SSSR count). The zero-order valence-corrected chi connectivity index (χ0v) is 13.8. The number of hydrogen-bond acceptors (Lipinski definition) is 6. The number of pyridine rings is 1. The first-order valence-corrected chi connectivity index (χ1v) is 8.57. The molecule has 0 saturated heterocycles. The summed E-state index contributed by atoms with van der Waals surface area (Å²) < 4.78 is 25.0. The highest BCUT2D eigenvalue weighted by atomic mass is 32.2. The Kier molecular flexibility index (Phi) is 4.11. The van der Waals surface area contributed by atoms with Gasteiger partial charge >= 0.3 is 0 Å². The topological polar surface area (TPSA) is 116 Å². The molecule has 25 heavy (non-hydrogen) atoms. The molecule has 0 atom stereocenters. The first-order valence-electron chi connectivity index (χ1n) is 7.13. The van der Waals surface area contributed by atoms with E-state index in [-0.39, 0.29) is 31.6 Å². The standard InChI is InChI=1S/C16H12N3O5S/c1-11-4-6-12(7-5-11)25(23,24)19(22)15-9-8-14(18(20)21)13-3-2-10-17-16(13)15/h2-10H,1H3/q-1. The third-order valence-electron chi connectivity index (χ3n) is 3.66. The Morgan fingerprint density at radius 2 is 1.76 bits per heavy atom. The molecular weight excluding hydrogens is 346 g/mol. The van der Waals surface area contributed by atoms with Gasteiger partial charge < -0.3 is 9.68 Å². The van der Waals surface area contributed by atoms with E-state index in [1.807, 2.05) is 0 Å². The fourth-order valence-corrected chi connectivity index (χ4v) is 3.46. The van der Waals surface area contributed by atoms with Crippen molar-refractivity contribution in [3.05, 3.63) is 75.6 Å². The van der Waals surface area contributed by atoms with E-state index in [4.69, 9.17) is 0 Å². The molecule has 0 amide bonds. The van der Waals surface area contributed by atoms with Crippen LogP contribution >= 0.6 is 0 Å². The Labute approximate surface area is 143 Å².